The number of carboxylic acids is 1. The Bertz CT molecular complexity index is 337. The molecule has 0 bridgehead atoms. The molecule has 1 saturated heterocycles. The molecule has 1 amide bonds. The fourth-order valence-electron chi connectivity index (χ4n) is 2.39. The Morgan fingerprint density at radius 3 is 2.50 bits per heavy atom. The van der Waals surface area contributed by atoms with Crippen LogP contribution in [0.3, 0.4) is 0 Å². The van der Waals surface area contributed by atoms with Gasteiger partial charge in [-0.05, 0) is 25.7 Å². The smallest absolute Gasteiger partial charge is 0.329 e. The molecule has 2 rings (SSSR count). The first-order valence-corrected chi connectivity index (χ1v) is 6.50. The van der Waals surface area contributed by atoms with Crippen LogP contribution in [0.25, 0.3) is 0 Å². The number of nitrogens with zero attached hydrogens (tertiary/aromatic N) is 1. The second kappa shape index (κ2) is 5.24. The number of carboxylic acid groups (broad SMARTS) is 1. The standard InChI is InChI=1S/C12H21N3O3/c1-12(11(17)18,9-2-3-9)14-10(16)8-15-6-4-13-5-7-15/h9,13H,2-8H2,1H3,(H,14,16)(H,17,18). The van der Waals surface area contributed by atoms with Crippen LogP contribution in [0.15, 0.2) is 0 Å². The third-order valence-corrected chi connectivity index (χ3v) is 3.81. The lowest BCUT2D eigenvalue weighted by molar-refractivity contribution is -0.148. The van der Waals surface area contributed by atoms with Gasteiger partial charge in [-0.25, -0.2) is 4.79 Å². The van der Waals surface area contributed by atoms with E-state index < -0.39 is 11.5 Å². The van der Waals surface area contributed by atoms with E-state index in [2.05, 4.69) is 10.6 Å². The average Bonchev–Trinajstić information content (AvgIpc) is 3.13. The van der Waals surface area contributed by atoms with Crippen molar-refractivity contribution in [3.63, 3.8) is 0 Å². The molecule has 0 spiro atoms. The minimum atomic E-state index is -1.09. The summed E-state index contributed by atoms with van der Waals surface area (Å²) >= 11 is 0. The highest BCUT2D eigenvalue weighted by atomic mass is 16.4. The molecule has 2 aliphatic rings. The lowest BCUT2D eigenvalue weighted by Gasteiger charge is -2.30. The first-order valence-electron chi connectivity index (χ1n) is 6.50. The summed E-state index contributed by atoms with van der Waals surface area (Å²) in [5.41, 5.74) is -1.09. The van der Waals surface area contributed by atoms with Crippen LogP contribution in [0.5, 0.6) is 0 Å². The summed E-state index contributed by atoms with van der Waals surface area (Å²) in [6.45, 7) is 5.33. The van der Waals surface area contributed by atoms with Gasteiger partial charge in [0.1, 0.15) is 5.54 Å². The van der Waals surface area contributed by atoms with Gasteiger partial charge in [0.05, 0.1) is 6.54 Å². The monoisotopic (exact) mass is 255 g/mol. The van der Waals surface area contributed by atoms with Crippen LogP contribution in [0, 0.1) is 5.92 Å². The van der Waals surface area contributed by atoms with Gasteiger partial charge in [-0.1, -0.05) is 0 Å². The Hall–Kier alpha value is -1.14. The fraction of sp³-hybridized carbons (Fsp3) is 0.833. The topological polar surface area (TPSA) is 81.7 Å². The van der Waals surface area contributed by atoms with E-state index in [1.807, 2.05) is 4.90 Å². The molecule has 6 nitrogen and oxygen atoms in total. The van der Waals surface area contributed by atoms with Crippen LogP contribution in [-0.4, -0.2) is 60.1 Å². The van der Waals surface area contributed by atoms with E-state index in [9.17, 15) is 14.7 Å². The maximum absolute atomic E-state index is 11.9. The molecular formula is C12H21N3O3. The number of carbonyl (C=O) groups excluding carboxylic acids is 1. The summed E-state index contributed by atoms with van der Waals surface area (Å²) in [6, 6.07) is 0. The molecule has 6 heteroatoms. The molecule has 102 valence electrons. The van der Waals surface area contributed by atoms with Crippen LogP contribution < -0.4 is 10.6 Å². The SMILES string of the molecule is CC(NC(=O)CN1CCNCC1)(C(=O)O)C1CC1. The molecule has 3 N–H and O–H groups in total. The molecule has 0 aromatic rings. The predicted molar refractivity (Wildman–Crippen MR) is 66.2 cm³/mol. The van der Waals surface area contributed by atoms with Crippen LogP contribution in [0.1, 0.15) is 19.8 Å². The molecule has 1 aliphatic carbocycles. The van der Waals surface area contributed by atoms with Crippen LogP contribution >= 0.6 is 0 Å². The number of carbonyl (C=O) groups is 2. The fourth-order valence-corrected chi connectivity index (χ4v) is 2.39. The number of aliphatic carboxylic acids is 1. The average molecular weight is 255 g/mol. The second-order valence-electron chi connectivity index (χ2n) is 5.36. The third kappa shape index (κ3) is 3.00. The highest BCUT2D eigenvalue weighted by Gasteiger charge is 2.48. The Morgan fingerprint density at radius 2 is 2.00 bits per heavy atom. The van der Waals surface area contributed by atoms with Crippen molar-refractivity contribution in [3.8, 4) is 0 Å². The van der Waals surface area contributed by atoms with Gasteiger partial charge in [0.2, 0.25) is 5.91 Å². The van der Waals surface area contributed by atoms with E-state index in [1.165, 1.54) is 0 Å². The maximum Gasteiger partial charge on any atom is 0.329 e. The maximum atomic E-state index is 11.9. The summed E-state index contributed by atoms with van der Waals surface area (Å²) < 4.78 is 0. The largest absolute Gasteiger partial charge is 0.480 e. The number of rotatable bonds is 5. The van der Waals surface area contributed by atoms with Gasteiger partial charge in [-0.3, -0.25) is 9.69 Å². The summed E-state index contributed by atoms with van der Waals surface area (Å²) in [7, 11) is 0. The summed E-state index contributed by atoms with van der Waals surface area (Å²) in [5.74, 6) is -1.03. The van der Waals surface area contributed by atoms with Gasteiger partial charge >= 0.3 is 5.97 Å². The van der Waals surface area contributed by atoms with Gasteiger partial charge in [0.25, 0.3) is 0 Å². The molecule has 2 fully saturated rings. The molecule has 1 heterocycles. The zero-order valence-corrected chi connectivity index (χ0v) is 10.7. The van der Waals surface area contributed by atoms with Crippen molar-refractivity contribution in [2.24, 2.45) is 5.92 Å². The lowest BCUT2D eigenvalue weighted by atomic mass is 9.96. The first-order chi connectivity index (χ1) is 8.52. The number of amides is 1. The Kier molecular flexibility index (Phi) is 3.87. The van der Waals surface area contributed by atoms with Gasteiger partial charge in [0.15, 0.2) is 0 Å². The Morgan fingerprint density at radius 1 is 1.39 bits per heavy atom. The van der Waals surface area contributed by atoms with E-state index in [4.69, 9.17) is 0 Å². The van der Waals surface area contributed by atoms with E-state index in [0.29, 0.717) is 0 Å². The molecule has 1 aliphatic heterocycles. The molecule has 1 atom stereocenters. The number of hydrogen-bond donors (Lipinski definition) is 3. The zero-order valence-electron chi connectivity index (χ0n) is 10.7. The molecule has 0 aromatic heterocycles. The molecular weight excluding hydrogens is 234 g/mol. The number of hydrogen-bond acceptors (Lipinski definition) is 4. The van der Waals surface area contributed by atoms with Gasteiger partial charge < -0.3 is 15.7 Å². The number of piperazine rings is 1. The van der Waals surface area contributed by atoms with Crippen molar-refractivity contribution in [1.82, 2.24) is 15.5 Å². The quantitative estimate of drug-likeness (QED) is 0.603. The molecule has 1 unspecified atom stereocenters. The van der Waals surface area contributed by atoms with Crippen LogP contribution in [-0.2, 0) is 9.59 Å². The van der Waals surface area contributed by atoms with Crippen molar-refractivity contribution >= 4 is 11.9 Å². The van der Waals surface area contributed by atoms with Crippen molar-refractivity contribution in [3.05, 3.63) is 0 Å². The lowest BCUT2D eigenvalue weighted by Crippen LogP contribution is -2.57. The molecule has 18 heavy (non-hydrogen) atoms. The number of nitrogens with one attached hydrogen (secondary N) is 2. The van der Waals surface area contributed by atoms with Crippen molar-refractivity contribution in [2.75, 3.05) is 32.7 Å². The van der Waals surface area contributed by atoms with Crippen molar-refractivity contribution in [2.45, 2.75) is 25.3 Å². The summed E-state index contributed by atoms with van der Waals surface area (Å²) in [5, 5.41) is 15.2. The van der Waals surface area contributed by atoms with Gasteiger partial charge in [-0.15, -0.1) is 0 Å². The second-order valence-corrected chi connectivity index (χ2v) is 5.36. The summed E-state index contributed by atoms with van der Waals surface area (Å²) in [6.07, 6.45) is 1.77. The highest BCUT2D eigenvalue weighted by Crippen LogP contribution is 2.39. The Labute approximate surface area is 107 Å². The van der Waals surface area contributed by atoms with Gasteiger partial charge in [-0.2, -0.15) is 0 Å². The van der Waals surface area contributed by atoms with E-state index in [1.54, 1.807) is 6.92 Å². The first kappa shape index (κ1) is 13.3. The third-order valence-electron chi connectivity index (χ3n) is 3.81. The molecule has 1 saturated carbocycles. The minimum absolute atomic E-state index is 0.0852. The predicted octanol–water partition coefficient (Wildman–Crippen LogP) is -0.739. The van der Waals surface area contributed by atoms with Gasteiger partial charge in [0, 0.05) is 26.2 Å². The Balaban J connectivity index is 1.86. The van der Waals surface area contributed by atoms with E-state index >= 15 is 0 Å². The summed E-state index contributed by atoms with van der Waals surface area (Å²) in [4.78, 5) is 25.3. The van der Waals surface area contributed by atoms with Crippen molar-refractivity contribution < 1.29 is 14.7 Å². The minimum Gasteiger partial charge on any atom is -0.480 e. The van der Waals surface area contributed by atoms with E-state index in [0.717, 1.165) is 39.0 Å². The van der Waals surface area contributed by atoms with E-state index in [-0.39, 0.29) is 18.4 Å². The van der Waals surface area contributed by atoms with Crippen LogP contribution in [0.2, 0.25) is 0 Å². The van der Waals surface area contributed by atoms with Crippen LogP contribution in [0.4, 0.5) is 0 Å². The highest BCUT2D eigenvalue weighted by molar-refractivity contribution is 5.88. The molecule has 0 radical (unpaired) electrons. The molecule has 0 aromatic carbocycles. The zero-order chi connectivity index (χ0) is 13.2. The van der Waals surface area contributed by atoms with Crippen molar-refractivity contribution in [1.29, 1.82) is 0 Å². The normalized spacial score (nSPS) is 24.3.